The van der Waals surface area contributed by atoms with E-state index in [1.54, 1.807) is 7.11 Å². The Morgan fingerprint density at radius 3 is 2.55 bits per heavy atom. The molecule has 0 bridgehead atoms. The van der Waals surface area contributed by atoms with E-state index in [9.17, 15) is 0 Å². The third-order valence-electron chi connectivity index (χ3n) is 8.53. The van der Waals surface area contributed by atoms with Gasteiger partial charge in [-0.2, -0.15) is 5.10 Å². The molecular weight excluding hydrogens is 504 g/mol. The molecule has 0 amide bonds. The zero-order valence-electron chi connectivity index (χ0n) is 23.8. The number of piperidine rings is 1. The van der Waals surface area contributed by atoms with Gasteiger partial charge in [-0.25, -0.2) is 14.6 Å². The Bertz CT molecular complexity index is 1700. The average molecular weight is 541 g/mol. The second-order valence-corrected chi connectivity index (χ2v) is 11.2. The SMILES string of the molecule is CCN1CCC(n2nc(C3CC3)cc2Nc2nc(C)nc3[nH]c4cc(-c5c(C)noc5C)c(OC)cc4c23)CC1. The number of rotatable bonds is 7. The van der Waals surface area contributed by atoms with Crippen LogP contribution in [0.4, 0.5) is 11.6 Å². The average Bonchev–Trinajstić information content (AvgIpc) is 3.50. The van der Waals surface area contributed by atoms with Crippen LogP contribution in [0.25, 0.3) is 33.1 Å². The Morgan fingerprint density at radius 1 is 1.07 bits per heavy atom. The maximum absolute atomic E-state index is 5.88. The Morgan fingerprint density at radius 2 is 1.88 bits per heavy atom. The number of aromatic nitrogens is 6. The van der Waals surface area contributed by atoms with E-state index >= 15 is 0 Å². The number of aryl methyl sites for hydroxylation is 3. The van der Waals surface area contributed by atoms with E-state index in [0.29, 0.717) is 17.8 Å². The van der Waals surface area contributed by atoms with Gasteiger partial charge in [-0.05, 0) is 65.1 Å². The molecule has 1 saturated carbocycles. The van der Waals surface area contributed by atoms with Crippen LogP contribution in [0.1, 0.15) is 67.5 Å². The first-order valence-electron chi connectivity index (χ1n) is 14.3. The predicted octanol–water partition coefficient (Wildman–Crippen LogP) is 6.17. The van der Waals surface area contributed by atoms with Crippen molar-refractivity contribution < 1.29 is 9.26 Å². The van der Waals surface area contributed by atoms with Crippen molar-refractivity contribution in [2.45, 2.75) is 65.3 Å². The molecule has 0 unspecified atom stereocenters. The van der Waals surface area contributed by atoms with Crippen LogP contribution in [-0.2, 0) is 0 Å². The molecule has 1 aromatic carbocycles. The number of likely N-dealkylation sites (tertiary alicyclic amines) is 1. The summed E-state index contributed by atoms with van der Waals surface area (Å²) < 4.78 is 13.6. The van der Waals surface area contributed by atoms with E-state index < -0.39 is 0 Å². The van der Waals surface area contributed by atoms with Crippen LogP contribution in [0.15, 0.2) is 22.7 Å². The molecule has 40 heavy (non-hydrogen) atoms. The van der Waals surface area contributed by atoms with Crippen molar-refractivity contribution in [3.05, 3.63) is 41.2 Å². The highest BCUT2D eigenvalue weighted by Crippen LogP contribution is 2.43. The van der Waals surface area contributed by atoms with Crippen molar-refractivity contribution in [2.24, 2.45) is 0 Å². The van der Waals surface area contributed by atoms with E-state index in [-0.39, 0.29) is 0 Å². The number of benzene rings is 1. The second-order valence-electron chi connectivity index (χ2n) is 11.2. The number of fused-ring (bicyclic) bond motifs is 3. The Kier molecular flexibility index (Phi) is 6.03. The van der Waals surface area contributed by atoms with E-state index in [0.717, 1.165) is 94.4 Å². The van der Waals surface area contributed by atoms with Crippen molar-refractivity contribution in [3.8, 4) is 16.9 Å². The molecule has 4 aromatic heterocycles. The first kappa shape index (κ1) is 25.1. The van der Waals surface area contributed by atoms with E-state index in [1.165, 1.54) is 18.5 Å². The number of methoxy groups -OCH3 is 1. The van der Waals surface area contributed by atoms with Crippen molar-refractivity contribution in [3.63, 3.8) is 0 Å². The zero-order chi connectivity index (χ0) is 27.5. The molecule has 1 aliphatic heterocycles. The zero-order valence-corrected chi connectivity index (χ0v) is 23.8. The second kappa shape index (κ2) is 9.62. The van der Waals surface area contributed by atoms with E-state index in [1.807, 2.05) is 20.8 Å². The molecule has 2 N–H and O–H groups in total. The molecule has 208 valence electrons. The summed E-state index contributed by atoms with van der Waals surface area (Å²) in [5.41, 5.74) is 5.63. The van der Waals surface area contributed by atoms with Crippen LogP contribution >= 0.6 is 0 Å². The summed E-state index contributed by atoms with van der Waals surface area (Å²) in [5, 5.41) is 14.9. The minimum absolute atomic E-state index is 0.372. The standard InChI is InChI=1S/C30H36N8O2/c1-6-37-11-9-20(10-12-37)38-26(15-23(35-38)19-7-8-19)34-30-28-21-14-25(39-5)22(27-16(2)36-40-17(27)3)13-24(21)33-29(28)31-18(4)32-30/h13-15,19-20H,6-12H2,1-5H3,(H2,31,32,33,34). The third kappa shape index (κ3) is 4.21. The lowest BCUT2D eigenvalue weighted by molar-refractivity contribution is 0.188. The van der Waals surface area contributed by atoms with Gasteiger partial charge in [-0.15, -0.1) is 0 Å². The summed E-state index contributed by atoms with van der Waals surface area (Å²) in [5.74, 6) is 4.56. The fourth-order valence-corrected chi connectivity index (χ4v) is 6.22. The van der Waals surface area contributed by atoms with Crippen molar-refractivity contribution in [1.82, 2.24) is 34.8 Å². The van der Waals surface area contributed by atoms with Crippen LogP contribution in [-0.4, -0.2) is 61.5 Å². The Balaban J connectivity index is 1.34. The van der Waals surface area contributed by atoms with Crippen molar-refractivity contribution >= 4 is 33.6 Å². The number of nitrogens with one attached hydrogen (secondary N) is 2. The smallest absolute Gasteiger partial charge is 0.145 e. The summed E-state index contributed by atoms with van der Waals surface area (Å²) in [4.78, 5) is 15.7. The molecule has 1 saturated heterocycles. The number of aromatic amines is 1. The molecule has 7 rings (SSSR count). The number of H-pyrrole nitrogens is 1. The molecule has 2 fully saturated rings. The lowest BCUT2D eigenvalue weighted by Crippen LogP contribution is -2.34. The molecule has 0 radical (unpaired) electrons. The number of anilines is 2. The van der Waals surface area contributed by atoms with Gasteiger partial charge in [0.25, 0.3) is 0 Å². The molecule has 5 heterocycles. The molecular formula is C30H36N8O2. The summed E-state index contributed by atoms with van der Waals surface area (Å²) in [6.45, 7) is 11.3. The van der Waals surface area contributed by atoms with Gasteiger partial charge < -0.3 is 24.5 Å². The molecule has 5 aromatic rings. The highest BCUT2D eigenvalue weighted by molar-refractivity contribution is 6.13. The van der Waals surface area contributed by atoms with Gasteiger partial charge in [0, 0.05) is 41.5 Å². The summed E-state index contributed by atoms with van der Waals surface area (Å²) >= 11 is 0. The number of ether oxygens (including phenoxy) is 1. The Labute approximate surface area is 233 Å². The van der Waals surface area contributed by atoms with Gasteiger partial charge in [-0.3, -0.25) is 0 Å². The van der Waals surface area contributed by atoms with Crippen molar-refractivity contribution in [1.29, 1.82) is 0 Å². The van der Waals surface area contributed by atoms with Gasteiger partial charge in [0.05, 0.1) is 35.5 Å². The van der Waals surface area contributed by atoms with Gasteiger partial charge in [0.2, 0.25) is 0 Å². The molecule has 2 aliphatic rings. The minimum Gasteiger partial charge on any atom is -0.496 e. The molecule has 10 nitrogen and oxygen atoms in total. The molecule has 10 heteroatoms. The first-order chi connectivity index (χ1) is 19.4. The fraction of sp³-hybridized carbons (Fsp3) is 0.467. The molecule has 0 atom stereocenters. The highest BCUT2D eigenvalue weighted by atomic mass is 16.5. The predicted molar refractivity (Wildman–Crippen MR) is 156 cm³/mol. The van der Waals surface area contributed by atoms with E-state index in [4.69, 9.17) is 24.3 Å². The quantitative estimate of drug-likeness (QED) is 0.252. The largest absolute Gasteiger partial charge is 0.496 e. The monoisotopic (exact) mass is 540 g/mol. The van der Waals surface area contributed by atoms with Gasteiger partial charge in [0.1, 0.15) is 34.6 Å². The first-order valence-corrected chi connectivity index (χ1v) is 14.3. The van der Waals surface area contributed by atoms with Crippen molar-refractivity contribution in [2.75, 3.05) is 32.1 Å². The maximum Gasteiger partial charge on any atom is 0.145 e. The lowest BCUT2D eigenvalue weighted by atomic mass is 10.0. The fourth-order valence-electron chi connectivity index (χ4n) is 6.22. The van der Waals surface area contributed by atoms with Crippen LogP contribution in [0, 0.1) is 20.8 Å². The minimum atomic E-state index is 0.372. The highest BCUT2D eigenvalue weighted by Gasteiger charge is 2.30. The number of hydrogen-bond donors (Lipinski definition) is 2. The Hall–Kier alpha value is -3.92. The summed E-state index contributed by atoms with van der Waals surface area (Å²) in [6, 6.07) is 6.76. The van der Waals surface area contributed by atoms with Gasteiger partial charge >= 0.3 is 0 Å². The number of hydrogen-bond acceptors (Lipinski definition) is 8. The van der Waals surface area contributed by atoms with Gasteiger partial charge in [0.15, 0.2) is 0 Å². The normalized spacial score (nSPS) is 16.8. The van der Waals surface area contributed by atoms with E-state index in [2.05, 4.69) is 50.2 Å². The van der Waals surface area contributed by atoms with Crippen LogP contribution in [0.2, 0.25) is 0 Å². The van der Waals surface area contributed by atoms with Crippen LogP contribution in [0.5, 0.6) is 5.75 Å². The summed E-state index contributed by atoms with van der Waals surface area (Å²) in [7, 11) is 1.69. The maximum atomic E-state index is 5.88. The van der Waals surface area contributed by atoms with Gasteiger partial charge in [-0.1, -0.05) is 12.1 Å². The third-order valence-corrected chi connectivity index (χ3v) is 8.53. The molecule has 1 aliphatic carbocycles. The lowest BCUT2D eigenvalue weighted by Gasteiger charge is -2.31. The van der Waals surface area contributed by atoms with Crippen LogP contribution in [0.3, 0.4) is 0 Å². The molecule has 0 spiro atoms. The summed E-state index contributed by atoms with van der Waals surface area (Å²) in [6.07, 6.45) is 4.64. The van der Waals surface area contributed by atoms with Crippen LogP contribution < -0.4 is 10.1 Å². The topological polar surface area (TPSA) is 110 Å². The number of nitrogens with zero attached hydrogens (tertiary/aromatic N) is 6.